The zero-order valence-corrected chi connectivity index (χ0v) is 11.8. The molecular weight excluding hydrogens is 246 g/mol. The minimum Gasteiger partial charge on any atom is -0.337 e. The standard InChI is InChI=1S/C15H20ClNO/c1-11-4-3-5-12(2)17(11)15(18)10-13-6-8-14(16)9-7-13/h6-9,11-12H,3-5,10H2,1-2H3. The second-order valence-electron chi connectivity index (χ2n) is 5.23. The maximum atomic E-state index is 12.4. The summed E-state index contributed by atoms with van der Waals surface area (Å²) in [6, 6.07) is 8.28. The molecular formula is C15H20ClNO. The first-order valence-corrected chi connectivity index (χ1v) is 7.01. The SMILES string of the molecule is CC1CCCC(C)N1C(=O)Cc1ccc(Cl)cc1. The topological polar surface area (TPSA) is 20.3 Å². The lowest BCUT2D eigenvalue weighted by Gasteiger charge is -2.39. The van der Waals surface area contributed by atoms with E-state index in [-0.39, 0.29) is 5.91 Å². The van der Waals surface area contributed by atoms with Crippen LogP contribution in [0.3, 0.4) is 0 Å². The Bertz CT molecular complexity index is 405. The molecule has 18 heavy (non-hydrogen) atoms. The average Bonchev–Trinajstić information content (AvgIpc) is 2.32. The number of rotatable bonds is 2. The lowest BCUT2D eigenvalue weighted by Crippen LogP contribution is -2.48. The van der Waals surface area contributed by atoms with Gasteiger partial charge in [-0.3, -0.25) is 4.79 Å². The summed E-state index contributed by atoms with van der Waals surface area (Å²) in [6.07, 6.45) is 3.95. The minimum atomic E-state index is 0.233. The lowest BCUT2D eigenvalue weighted by atomic mass is 9.96. The molecule has 1 heterocycles. The fraction of sp³-hybridized carbons (Fsp3) is 0.533. The predicted octanol–water partition coefficient (Wildman–Crippen LogP) is 3.67. The highest BCUT2D eigenvalue weighted by Gasteiger charge is 2.28. The third-order valence-corrected chi connectivity index (χ3v) is 4.00. The Kier molecular flexibility index (Phi) is 4.28. The van der Waals surface area contributed by atoms with Crippen molar-refractivity contribution in [3.8, 4) is 0 Å². The van der Waals surface area contributed by atoms with E-state index in [1.54, 1.807) is 0 Å². The Labute approximate surface area is 114 Å². The molecule has 0 aliphatic carbocycles. The van der Waals surface area contributed by atoms with Crippen molar-refractivity contribution >= 4 is 17.5 Å². The van der Waals surface area contributed by atoms with Crippen LogP contribution in [0.4, 0.5) is 0 Å². The fourth-order valence-corrected chi connectivity index (χ4v) is 2.91. The Hall–Kier alpha value is -1.02. The molecule has 98 valence electrons. The molecule has 0 saturated carbocycles. The van der Waals surface area contributed by atoms with Crippen molar-refractivity contribution in [3.05, 3.63) is 34.9 Å². The average molecular weight is 266 g/mol. The van der Waals surface area contributed by atoms with Gasteiger partial charge in [0.15, 0.2) is 0 Å². The number of halogens is 1. The van der Waals surface area contributed by atoms with Gasteiger partial charge in [0.2, 0.25) is 5.91 Å². The van der Waals surface area contributed by atoms with Crippen molar-refractivity contribution in [2.24, 2.45) is 0 Å². The Morgan fingerprint density at radius 1 is 1.22 bits per heavy atom. The van der Waals surface area contributed by atoms with Gasteiger partial charge in [-0.15, -0.1) is 0 Å². The predicted molar refractivity (Wildman–Crippen MR) is 74.8 cm³/mol. The second kappa shape index (κ2) is 5.75. The molecule has 2 atom stereocenters. The zero-order valence-electron chi connectivity index (χ0n) is 11.0. The van der Waals surface area contributed by atoms with Crippen molar-refractivity contribution in [1.82, 2.24) is 4.90 Å². The van der Waals surface area contributed by atoms with E-state index < -0.39 is 0 Å². The van der Waals surface area contributed by atoms with Gasteiger partial charge in [0.25, 0.3) is 0 Å². The molecule has 0 aromatic heterocycles. The first-order chi connectivity index (χ1) is 8.58. The zero-order chi connectivity index (χ0) is 13.1. The van der Waals surface area contributed by atoms with E-state index >= 15 is 0 Å². The molecule has 1 fully saturated rings. The van der Waals surface area contributed by atoms with Gasteiger partial charge in [0.05, 0.1) is 6.42 Å². The van der Waals surface area contributed by atoms with Crippen LogP contribution >= 0.6 is 11.6 Å². The van der Waals surface area contributed by atoms with Crippen LogP contribution in [0.1, 0.15) is 38.7 Å². The van der Waals surface area contributed by atoms with E-state index in [4.69, 9.17) is 11.6 Å². The van der Waals surface area contributed by atoms with Crippen LogP contribution in [0.15, 0.2) is 24.3 Å². The number of likely N-dealkylation sites (tertiary alicyclic amines) is 1. The summed E-state index contributed by atoms with van der Waals surface area (Å²) >= 11 is 5.85. The molecule has 1 aliphatic heterocycles. The summed E-state index contributed by atoms with van der Waals surface area (Å²) in [5.74, 6) is 0.233. The number of nitrogens with zero attached hydrogens (tertiary/aromatic N) is 1. The van der Waals surface area contributed by atoms with Crippen LogP contribution in [0, 0.1) is 0 Å². The molecule has 1 amide bonds. The molecule has 2 nitrogen and oxygen atoms in total. The quantitative estimate of drug-likeness (QED) is 0.799. The monoisotopic (exact) mass is 265 g/mol. The highest BCUT2D eigenvalue weighted by Crippen LogP contribution is 2.23. The summed E-state index contributed by atoms with van der Waals surface area (Å²) in [6.45, 7) is 4.30. The molecule has 1 aromatic carbocycles. The van der Waals surface area contributed by atoms with Gasteiger partial charge in [0.1, 0.15) is 0 Å². The number of hydrogen-bond donors (Lipinski definition) is 0. The van der Waals surface area contributed by atoms with E-state index in [0.717, 1.165) is 18.4 Å². The van der Waals surface area contributed by atoms with Gasteiger partial charge in [-0.05, 0) is 50.8 Å². The molecule has 2 unspecified atom stereocenters. The Morgan fingerprint density at radius 2 is 1.78 bits per heavy atom. The van der Waals surface area contributed by atoms with Crippen LogP contribution in [0.25, 0.3) is 0 Å². The maximum Gasteiger partial charge on any atom is 0.227 e. The number of hydrogen-bond acceptors (Lipinski definition) is 1. The minimum absolute atomic E-state index is 0.233. The Balaban J connectivity index is 2.04. The summed E-state index contributed by atoms with van der Waals surface area (Å²) in [5, 5.41) is 0.714. The van der Waals surface area contributed by atoms with Crippen molar-refractivity contribution in [2.75, 3.05) is 0 Å². The smallest absolute Gasteiger partial charge is 0.227 e. The first-order valence-electron chi connectivity index (χ1n) is 6.63. The molecule has 2 rings (SSSR count). The molecule has 3 heteroatoms. The molecule has 1 saturated heterocycles. The molecule has 0 radical (unpaired) electrons. The number of piperidine rings is 1. The number of carbonyl (C=O) groups is 1. The summed E-state index contributed by atoms with van der Waals surface area (Å²) < 4.78 is 0. The highest BCUT2D eigenvalue weighted by molar-refractivity contribution is 6.30. The van der Waals surface area contributed by atoms with E-state index in [9.17, 15) is 4.79 Å². The summed E-state index contributed by atoms with van der Waals surface area (Å²) in [4.78, 5) is 14.4. The van der Waals surface area contributed by atoms with Gasteiger partial charge in [-0.25, -0.2) is 0 Å². The van der Waals surface area contributed by atoms with E-state index in [1.807, 2.05) is 24.3 Å². The van der Waals surface area contributed by atoms with Gasteiger partial charge in [-0.1, -0.05) is 23.7 Å². The van der Waals surface area contributed by atoms with E-state index in [0.29, 0.717) is 23.5 Å². The summed E-state index contributed by atoms with van der Waals surface area (Å²) in [7, 11) is 0. The van der Waals surface area contributed by atoms with Gasteiger partial charge in [-0.2, -0.15) is 0 Å². The molecule has 0 N–H and O–H groups in total. The van der Waals surface area contributed by atoms with Crippen LogP contribution in [0.5, 0.6) is 0 Å². The Morgan fingerprint density at radius 3 is 2.33 bits per heavy atom. The number of amides is 1. The second-order valence-corrected chi connectivity index (χ2v) is 5.67. The molecule has 0 spiro atoms. The molecule has 0 bridgehead atoms. The van der Waals surface area contributed by atoms with Crippen LogP contribution in [0.2, 0.25) is 5.02 Å². The van der Waals surface area contributed by atoms with Gasteiger partial charge >= 0.3 is 0 Å². The van der Waals surface area contributed by atoms with Crippen molar-refractivity contribution in [1.29, 1.82) is 0 Å². The lowest BCUT2D eigenvalue weighted by molar-refractivity contribution is -0.136. The first kappa shape index (κ1) is 13.4. The number of benzene rings is 1. The third-order valence-electron chi connectivity index (χ3n) is 3.75. The highest BCUT2D eigenvalue weighted by atomic mass is 35.5. The van der Waals surface area contributed by atoms with Crippen molar-refractivity contribution in [3.63, 3.8) is 0 Å². The third kappa shape index (κ3) is 3.05. The van der Waals surface area contributed by atoms with Crippen LogP contribution in [-0.2, 0) is 11.2 Å². The largest absolute Gasteiger partial charge is 0.337 e. The normalized spacial score (nSPS) is 24.1. The van der Waals surface area contributed by atoms with Gasteiger partial charge in [0, 0.05) is 17.1 Å². The van der Waals surface area contributed by atoms with E-state index in [1.165, 1.54) is 6.42 Å². The van der Waals surface area contributed by atoms with E-state index in [2.05, 4.69) is 18.7 Å². The van der Waals surface area contributed by atoms with Gasteiger partial charge < -0.3 is 4.90 Å². The molecule has 1 aromatic rings. The summed E-state index contributed by atoms with van der Waals surface area (Å²) in [5.41, 5.74) is 1.04. The number of carbonyl (C=O) groups excluding carboxylic acids is 1. The molecule has 1 aliphatic rings. The van der Waals surface area contributed by atoms with Crippen LogP contribution in [-0.4, -0.2) is 22.9 Å². The van der Waals surface area contributed by atoms with Crippen molar-refractivity contribution in [2.45, 2.75) is 51.6 Å². The maximum absolute atomic E-state index is 12.4. The van der Waals surface area contributed by atoms with Crippen molar-refractivity contribution < 1.29 is 4.79 Å². The fourth-order valence-electron chi connectivity index (χ4n) is 2.78. The van der Waals surface area contributed by atoms with Crippen LogP contribution < -0.4 is 0 Å².